The summed E-state index contributed by atoms with van der Waals surface area (Å²) in [5, 5.41) is 2.77. The third-order valence-corrected chi connectivity index (χ3v) is 3.22. The third-order valence-electron chi connectivity index (χ3n) is 3.22. The first-order chi connectivity index (χ1) is 6.59. The average molecular weight is 203 g/mol. The Labute approximate surface area is 82.1 Å². The minimum Gasteiger partial charge on any atom is -0.356 e. The quantitative estimate of drug-likeness (QED) is 0.746. The normalized spacial score (nSPS) is 35.1. The Kier molecular flexibility index (Phi) is 2.45. The Hall–Kier alpha value is -0.670. The van der Waals surface area contributed by atoms with Crippen molar-refractivity contribution in [2.75, 3.05) is 6.54 Å². The molecule has 0 bridgehead atoms. The lowest BCUT2D eigenvalue weighted by Crippen LogP contribution is -2.36. The second-order valence-corrected chi connectivity index (χ2v) is 4.37. The first-order valence-corrected chi connectivity index (χ1v) is 5.25. The second-order valence-electron chi connectivity index (χ2n) is 4.37. The lowest BCUT2D eigenvalue weighted by Gasteiger charge is -2.21. The minimum atomic E-state index is -2.43. The first kappa shape index (κ1) is 9.87. The van der Waals surface area contributed by atoms with E-state index < -0.39 is 11.8 Å². The van der Waals surface area contributed by atoms with Crippen LogP contribution in [0.4, 0.5) is 8.78 Å². The molecule has 0 aromatic rings. The van der Waals surface area contributed by atoms with Gasteiger partial charge < -0.3 is 5.32 Å². The van der Waals surface area contributed by atoms with Crippen molar-refractivity contribution >= 4 is 5.91 Å². The molecule has 80 valence electrons. The largest absolute Gasteiger partial charge is 0.356 e. The summed E-state index contributed by atoms with van der Waals surface area (Å²) in [6.07, 6.45) is 3.01. The highest BCUT2D eigenvalue weighted by atomic mass is 19.3. The molecule has 1 aliphatic carbocycles. The van der Waals surface area contributed by atoms with E-state index in [0.717, 1.165) is 19.4 Å². The Morgan fingerprint density at radius 1 is 1.43 bits per heavy atom. The van der Waals surface area contributed by atoms with E-state index in [2.05, 4.69) is 5.32 Å². The number of halogens is 2. The lowest BCUT2D eigenvalue weighted by molar-refractivity contribution is -0.126. The Morgan fingerprint density at radius 2 is 2.14 bits per heavy atom. The van der Waals surface area contributed by atoms with E-state index in [0.29, 0.717) is 12.8 Å². The number of rotatable bonds is 3. The maximum Gasteiger partial charge on any atom is 0.251 e. The summed E-state index contributed by atoms with van der Waals surface area (Å²) in [7, 11) is 0. The van der Waals surface area contributed by atoms with Crippen LogP contribution in [0.25, 0.3) is 0 Å². The molecule has 0 aromatic carbocycles. The van der Waals surface area contributed by atoms with E-state index in [-0.39, 0.29) is 18.2 Å². The topological polar surface area (TPSA) is 29.1 Å². The smallest absolute Gasteiger partial charge is 0.251 e. The van der Waals surface area contributed by atoms with Crippen LogP contribution in [-0.4, -0.2) is 18.4 Å². The molecule has 2 fully saturated rings. The highest BCUT2D eigenvalue weighted by Gasteiger charge is 2.56. The van der Waals surface area contributed by atoms with E-state index >= 15 is 0 Å². The van der Waals surface area contributed by atoms with Gasteiger partial charge in [-0.3, -0.25) is 4.79 Å². The molecular formula is C10H15F2NO. The van der Waals surface area contributed by atoms with Gasteiger partial charge in [-0.1, -0.05) is 0 Å². The molecule has 1 aliphatic heterocycles. The van der Waals surface area contributed by atoms with Crippen molar-refractivity contribution < 1.29 is 13.6 Å². The van der Waals surface area contributed by atoms with E-state index in [9.17, 15) is 13.6 Å². The van der Waals surface area contributed by atoms with Crippen molar-refractivity contribution in [3.8, 4) is 0 Å². The molecule has 0 radical (unpaired) electrons. The summed E-state index contributed by atoms with van der Waals surface area (Å²) in [5.41, 5.74) is 0. The number of nitrogens with one attached hydrogen (secondary N) is 1. The van der Waals surface area contributed by atoms with Gasteiger partial charge >= 0.3 is 0 Å². The molecule has 14 heavy (non-hydrogen) atoms. The molecule has 1 saturated carbocycles. The van der Waals surface area contributed by atoms with E-state index in [1.807, 2.05) is 0 Å². The zero-order valence-corrected chi connectivity index (χ0v) is 8.06. The number of hydrogen-bond acceptors (Lipinski definition) is 1. The molecule has 2 rings (SSSR count). The number of carbonyl (C=O) groups excluding carboxylic acids is 1. The van der Waals surface area contributed by atoms with Gasteiger partial charge in [-0.05, 0) is 25.7 Å². The predicted octanol–water partition coefficient (Wildman–Crippen LogP) is 1.95. The van der Waals surface area contributed by atoms with Crippen LogP contribution in [0, 0.1) is 11.8 Å². The van der Waals surface area contributed by atoms with Crippen molar-refractivity contribution in [3.05, 3.63) is 0 Å². The fraction of sp³-hybridized carbons (Fsp3) is 0.900. The van der Waals surface area contributed by atoms with Gasteiger partial charge in [0.05, 0.1) is 0 Å². The van der Waals surface area contributed by atoms with Crippen LogP contribution in [-0.2, 0) is 4.79 Å². The highest BCUT2D eigenvalue weighted by Crippen LogP contribution is 2.51. The van der Waals surface area contributed by atoms with Crippen LogP contribution in [0.3, 0.4) is 0 Å². The Bertz CT molecular complexity index is 242. The summed E-state index contributed by atoms with van der Waals surface area (Å²) in [4.78, 5) is 11.3. The monoisotopic (exact) mass is 203 g/mol. The lowest BCUT2D eigenvalue weighted by atomic mass is 9.93. The van der Waals surface area contributed by atoms with Crippen molar-refractivity contribution in [1.82, 2.24) is 5.32 Å². The molecule has 1 N–H and O–H groups in total. The zero-order valence-electron chi connectivity index (χ0n) is 8.06. The summed E-state index contributed by atoms with van der Waals surface area (Å²) < 4.78 is 25.1. The average Bonchev–Trinajstić information content (AvgIpc) is 2.73. The van der Waals surface area contributed by atoms with Crippen molar-refractivity contribution in [3.63, 3.8) is 0 Å². The number of alkyl halides is 2. The van der Waals surface area contributed by atoms with Crippen LogP contribution < -0.4 is 5.32 Å². The van der Waals surface area contributed by atoms with Gasteiger partial charge in [-0.2, -0.15) is 0 Å². The van der Waals surface area contributed by atoms with Gasteiger partial charge in [0, 0.05) is 24.8 Å². The number of amides is 1. The molecule has 2 nitrogen and oxygen atoms in total. The third kappa shape index (κ3) is 2.04. The Morgan fingerprint density at radius 3 is 2.71 bits per heavy atom. The standard InChI is InChI=1S/C10H15F2NO/c11-10(12)6-8(10)4-3-7-2-1-5-13-9(7)14/h7-8H,1-6H2,(H,13,14). The van der Waals surface area contributed by atoms with Crippen LogP contribution in [0.1, 0.15) is 32.1 Å². The van der Waals surface area contributed by atoms with Crippen molar-refractivity contribution in [1.29, 1.82) is 0 Å². The second kappa shape index (κ2) is 3.48. The van der Waals surface area contributed by atoms with Gasteiger partial charge in [0.15, 0.2) is 0 Å². The predicted molar refractivity (Wildman–Crippen MR) is 48.0 cm³/mol. The molecule has 4 heteroatoms. The number of carbonyl (C=O) groups is 1. The van der Waals surface area contributed by atoms with E-state index in [1.165, 1.54) is 0 Å². The molecule has 2 aliphatic rings. The molecule has 2 unspecified atom stereocenters. The first-order valence-electron chi connectivity index (χ1n) is 5.25. The summed E-state index contributed by atoms with van der Waals surface area (Å²) in [6, 6.07) is 0. The maximum absolute atomic E-state index is 12.5. The van der Waals surface area contributed by atoms with E-state index in [1.54, 1.807) is 0 Å². The number of hydrogen-bond donors (Lipinski definition) is 1. The SMILES string of the molecule is O=C1NCCCC1CCC1CC1(F)F. The fourth-order valence-electron chi connectivity index (χ4n) is 2.10. The molecular weight excluding hydrogens is 188 g/mol. The summed E-state index contributed by atoms with van der Waals surface area (Å²) >= 11 is 0. The number of piperidine rings is 1. The minimum absolute atomic E-state index is 0.0138. The van der Waals surface area contributed by atoms with Gasteiger partial charge in [-0.15, -0.1) is 0 Å². The van der Waals surface area contributed by atoms with Gasteiger partial charge in [0.1, 0.15) is 0 Å². The summed E-state index contributed by atoms with van der Waals surface area (Å²) in [5.74, 6) is -2.83. The molecule has 1 amide bonds. The van der Waals surface area contributed by atoms with Crippen LogP contribution in [0.15, 0.2) is 0 Å². The zero-order chi connectivity index (χ0) is 10.2. The van der Waals surface area contributed by atoms with Gasteiger partial charge in [0.25, 0.3) is 5.92 Å². The fourth-order valence-corrected chi connectivity index (χ4v) is 2.10. The van der Waals surface area contributed by atoms with Gasteiger partial charge in [-0.25, -0.2) is 8.78 Å². The highest BCUT2D eigenvalue weighted by molar-refractivity contribution is 5.79. The molecule has 1 heterocycles. The van der Waals surface area contributed by atoms with Crippen LogP contribution >= 0.6 is 0 Å². The van der Waals surface area contributed by atoms with Gasteiger partial charge in [0.2, 0.25) is 5.91 Å². The molecule has 0 spiro atoms. The van der Waals surface area contributed by atoms with Crippen LogP contribution in [0.5, 0.6) is 0 Å². The van der Waals surface area contributed by atoms with Crippen molar-refractivity contribution in [2.45, 2.75) is 38.0 Å². The van der Waals surface area contributed by atoms with Crippen LogP contribution in [0.2, 0.25) is 0 Å². The van der Waals surface area contributed by atoms with Crippen molar-refractivity contribution in [2.24, 2.45) is 11.8 Å². The maximum atomic E-state index is 12.5. The molecule has 2 atom stereocenters. The Balaban J connectivity index is 1.72. The molecule has 1 saturated heterocycles. The molecule has 0 aromatic heterocycles. The summed E-state index contributed by atoms with van der Waals surface area (Å²) in [6.45, 7) is 0.745. The van der Waals surface area contributed by atoms with E-state index in [4.69, 9.17) is 0 Å².